The molecule has 0 saturated carbocycles. The average Bonchev–Trinajstić information content (AvgIpc) is 0.642. The molecular weight excluding hydrogens is 1330 g/mol. The maximum atomic E-state index is 5.90. The molecule has 1 heteroatoms. The van der Waals surface area contributed by atoms with Gasteiger partial charge in [-0.1, -0.05) is 396 Å². The molecule has 0 N–H and O–H groups in total. The highest BCUT2D eigenvalue weighted by atomic mass is 16.5. The normalized spacial score (nSPS) is 12.6. The predicted octanol–water partition coefficient (Wildman–Crippen LogP) is 36.1. The minimum Gasteiger partial charge on any atom is -0.497 e. The summed E-state index contributed by atoms with van der Waals surface area (Å²) in [5, 5.41) is 36.6. The van der Waals surface area contributed by atoms with E-state index in [4.69, 9.17) is 4.74 Å². The molecule has 0 fully saturated rings. The first-order valence-corrected chi connectivity index (χ1v) is 47.4. The summed E-state index contributed by atoms with van der Waals surface area (Å²) >= 11 is 0. The first-order valence-electron chi connectivity index (χ1n) is 47.4. The molecule has 0 radical (unpaired) electrons. The molecule has 0 atom stereocenters. The monoisotopic (exact) mass is 1470 g/mol. The molecule has 0 aliphatic rings. The summed E-state index contributed by atoms with van der Waals surface area (Å²) in [7, 11) is 1.82. The van der Waals surface area contributed by atoms with Crippen molar-refractivity contribution in [3.63, 3.8) is 0 Å². The second-order valence-corrected chi connectivity index (χ2v) is 35.9. The van der Waals surface area contributed by atoms with Crippen LogP contribution in [0.25, 0.3) is 140 Å². The fourth-order valence-corrected chi connectivity index (χ4v) is 21.3. The van der Waals surface area contributed by atoms with Gasteiger partial charge in [-0.15, -0.1) is 0 Å². The van der Waals surface area contributed by atoms with E-state index in [1.165, 1.54) is 424 Å². The van der Waals surface area contributed by atoms with Crippen molar-refractivity contribution >= 4 is 129 Å². The van der Waals surface area contributed by atoms with Crippen LogP contribution < -0.4 is 4.74 Å². The fraction of sp³-hybridized carbons (Fsp3) is 0.560. The molecular formula is C109H144O. The van der Waals surface area contributed by atoms with Crippen LogP contribution in [0.4, 0.5) is 0 Å². The molecule has 0 aliphatic heterocycles. The van der Waals surface area contributed by atoms with E-state index in [1.807, 2.05) is 7.11 Å². The third-order valence-corrected chi connectivity index (χ3v) is 27.4. The first kappa shape index (κ1) is 80.2. The Kier molecular flexibility index (Phi) is 29.5. The Hall–Kier alpha value is -6.44. The van der Waals surface area contributed by atoms with E-state index in [0.717, 1.165) is 37.9 Å². The topological polar surface area (TPSA) is 9.23 Å². The lowest BCUT2D eigenvalue weighted by Gasteiger charge is -2.30. The molecule has 0 unspecified atom stereocenters. The van der Waals surface area contributed by atoms with Crippen LogP contribution in [-0.4, -0.2) is 7.11 Å². The van der Waals surface area contributed by atoms with Gasteiger partial charge in [0.05, 0.1) is 7.11 Å². The van der Waals surface area contributed by atoms with Gasteiger partial charge in [-0.3, -0.25) is 0 Å². The Morgan fingerprint density at radius 2 is 0.318 bits per heavy atom. The fourth-order valence-electron chi connectivity index (χ4n) is 21.3. The van der Waals surface area contributed by atoms with Crippen LogP contribution >= 0.6 is 0 Å². The highest BCUT2D eigenvalue weighted by Gasteiger charge is 2.33. The highest BCUT2D eigenvalue weighted by molar-refractivity contribution is 6.61. The number of fused-ring (bicyclic) bond motifs is 6. The minimum atomic E-state index is 0.916. The van der Waals surface area contributed by atoms with Gasteiger partial charge in [-0.25, -0.2) is 0 Å². The summed E-state index contributed by atoms with van der Waals surface area (Å²) < 4.78 is 5.90. The molecule has 0 aromatic heterocycles. The van der Waals surface area contributed by atoms with Gasteiger partial charge in [-0.2, -0.15) is 0 Å². The predicted molar refractivity (Wildman–Crippen MR) is 493 cm³/mol. The standard InChI is InChI=1S/C109H144O/c1-7-12-17-22-27-32-37-42-47-52-57-78-66-86-88-68-79(58-53-48-43-38-33-28-23-18-13-8-2)70-90-92-72-81(60-55-50-45-40-35-30-25-20-15-10-4)74-94-96-76-84(83-62-64-85(110-6)65-63-83)77-97-95-75-82(61-56-51-46-41-36-31-26-21-16-11-5)73-93-91-71-80(59-54-49-44-39-34-29-24-19-14-9-3)69-89-87(67-78)98(86)104-105(99(88)90)107(101(92)94)109(103(96)97)108(102(93)95)106(104)100(89)91/h62-77H,7-61H2,1-6H3. The van der Waals surface area contributed by atoms with Gasteiger partial charge >= 0.3 is 0 Å². The Labute approximate surface area is 666 Å². The van der Waals surface area contributed by atoms with Crippen molar-refractivity contribution in [1.29, 1.82) is 0 Å². The second kappa shape index (κ2) is 40.5. The SMILES string of the molecule is CCCCCCCCCCCCc1cc2c3cc(CCCCCCCCCCCC)cc4c5cc(CCCCCCCCCCCC)cc6c7cc(-c8ccc(OC)cc8)cc8c9cc(CCCCCCCCCCCC)cc%10c%11cc(CCCCCCCCCCCC)cc%12c(c1)c2c1c(c34)c(c56)c(c78)c(c%109)c1c%12%11. The van der Waals surface area contributed by atoms with Gasteiger partial charge in [0, 0.05) is 0 Å². The first-order chi connectivity index (χ1) is 54.5. The van der Waals surface area contributed by atoms with E-state index in [1.54, 1.807) is 65.2 Å². The third kappa shape index (κ3) is 18.2. The molecule has 586 valence electrons. The van der Waals surface area contributed by atoms with Crippen molar-refractivity contribution in [2.45, 2.75) is 388 Å². The lowest BCUT2D eigenvalue weighted by atomic mass is 9.72. The van der Waals surface area contributed by atoms with Crippen molar-refractivity contribution in [2.75, 3.05) is 7.11 Å². The van der Waals surface area contributed by atoms with Crippen LogP contribution in [0, 0.1) is 0 Å². The summed E-state index contributed by atoms with van der Waals surface area (Å²) in [5.74, 6) is 0.916. The Balaban J connectivity index is 0.994. The smallest absolute Gasteiger partial charge is 0.118 e. The van der Waals surface area contributed by atoms with Crippen LogP contribution in [0.1, 0.15) is 383 Å². The highest BCUT2D eigenvalue weighted by Crippen LogP contribution is 2.61. The molecule has 0 aliphatic carbocycles. The van der Waals surface area contributed by atoms with Crippen LogP contribution in [0.3, 0.4) is 0 Å². The molecule has 14 rings (SSSR count). The second-order valence-electron chi connectivity index (χ2n) is 35.9. The molecule has 14 aromatic carbocycles. The zero-order valence-corrected chi connectivity index (χ0v) is 70.5. The van der Waals surface area contributed by atoms with E-state index < -0.39 is 0 Å². The largest absolute Gasteiger partial charge is 0.497 e. The minimum absolute atomic E-state index is 0.916. The average molecular weight is 1470 g/mol. The van der Waals surface area contributed by atoms with Crippen molar-refractivity contribution in [3.05, 3.63) is 125 Å². The van der Waals surface area contributed by atoms with Gasteiger partial charge in [0.15, 0.2) is 0 Å². The van der Waals surface area contributed by atoms with Crippen molar-refractivity contribution in [2.24, 2.45) is 0 Å². The summed E-state index contributed by atoms with van der Waals surface area (Å²) in [4.78, 5) is 0. The molecule has 0 heterocycles. The summed E-state index contributed by atoms with van der Waals surface area (Å²) in [5.41, 5.74) is 10.3. The molecule has 14 aromatic rings. The number of methoxy groups -OCH3 is 1. The van der Waals surface area contributed by atoms with E-state index in [2.05, 4.69) is 132 Å². The van der Waals surface area contributed by atoms with Crippen LogP contribution in [0.15, 0.2) is 97.1 Å². The maximum absolute atomic E-state index is 5.90. The van der Waals surface area contributed by atoms with Gasteiger partial charge < -0.3 is 4.74 Å². The van der Waals surface area contributed by atoms with Gasteiger partial charge in [0.2, 0.25) is 0 Å². The number of aryl methyl sites for hydroxylation is 5. The van der Waals surface area contributed by atoms with Crippen LogP contribution in [0.5, 0.6) is 5.75 Å². The van der Waals surface area contributed by atoms with E-state index >= 15 is 0 Å². The molecule has 0 spiro atoms. The number of hydrogen-bond donors (Lipinski definition) is 0. The number of ether oxygens (including phenoxy) is 1. The van der Waals surface area contributed by atoms with E-state index in [9.17, 15) is 0 Å². The number of benzene rings is 14. The molecule has 0 bridgehead atoms. The van der Waals surface area contributed by atoms with Crippen molar-refractivity contribution < 1.29 is 4.74 Å². The molecule has 110 heavy (non-hydrogen) atoms. The summed E-state index contributed by atoms with van der Waals surface area (Å²) in [6.45, 7) is 11.7. The van der Waals surface area contributed by atoms with Gasteiger partial charge in [-0.05, 0) is 257 Å². The summed E-state index contributed by atoms with van der Waals surface area (Å²) in [6.07, 6.45) is 73.8. The molecule has 1 nitrogen and oxygen atoms in total. The zero-order valence-electron chi connectivity index (χ0n) is 70.5. The molecule has 0 saturated heterocycles. The van der Waals surface area contributed by atoms with E-state index in [0.29, 0.717) is 0 Å². The lowest BCUT2D eigenvalue weighted by molar-refractivity contribution is 0.415. The number of unbranched alkanes of at least 4 members (excludes halogenated alkanes) is 45. The number of rotatable bonds is 57. The Morgan fingerprint density at radius 1 is 0.164 bits per heavy atom. The van der Waals surface area contributed by atoms with Crippen molar-refractivity contribution in [1.82, 2.24) is 0 Å². The van der Waals surface area contributed by atoms with Gasteiger partial charge in [0.25, 0.3) is 0 Å². The number of hydrogen-bond acceptors (Lipinski definition) is 1. The van der Waals surface area contributed by atoms with E-state index in [-0.39, 0.29) is 0 Å². The maximum Gasteiger partial charge on any atom is 0.118 e. The third-order valence-electron chi connectivity index (χ3n) is 27.4. The summed E-state index contributed by atoms with van der Waals surface area (Å²) in [6, 6.07) is 42.3. The zero-order chi connectivity index (χ0) is 75.4. The van der Waals surface area contributed by atoms with Crippen LogP contribution in [0.2, 0.25) is 0 Å². The van der Waals surface area contributed by atoms with Crippen LogP contribution in [-0.2, 0) is 32.1 Å². The van der Waals surface area contributed by atoms with Gasteiger partial charge in [0.1, 0.15) is 5.75 Å². The Bertz CT molecular complexity index is 4780. The molecule has 0 amide bonds. The van der Waals surface area contributed by atoms with Crippen molar-refractivity contribution in [3.8, 4) is 16.9 Å². The Morgan fingerprint density at radius 3 is 0.482 bits per heavy atom. The lowest BCUT2D eigenvalue weighted by Crippen LogP contribution is -2.03. The quantitative estimate of drug-likeness (QED) is 0.0210.